The molecule has 0 atom stereocenters. The molecule has 9 nitrogen and oxygen atoms in total. The SMILES string of the molecule is CC(=NNc1ccc(S(=O)(=O)N2CCCCC2)cn1)c1ccc(C)c([N+](=O)[O-])c1. The molecule has 1 aliphatic rings. The number of sulfonamides is 1. The van der Waals surface area contributed by atoms with Gasteiger partial charge in [0.2, 0.25) is 10.0 Å². The van der Waals surface area contributed by atoms with Crippen molar-refractivity contribution in [2.75, 3.05) is 18.5 Å². The van der Waals surface area contributed by atoms with Gasteiger partial charge in [-0.2, -0.15) is 9.41 Å². The Kier molecular flexibility index (Phi) is 6.23. The first-order valence-electron chi connectivity index (χ1n) is 9.31. The van der Waals surface area contributed by atoms with Gasteiger partial charge in [-0.15, -0.1) is 0 Å². The van der Waals surface area contributed by atoms with Gasteiger partial charge in [-0.1, -0.05) is 18.6 Å². The number of nitro groups is 1. The molecule has 0 amide bonds. The van der Waals surface area contributed by atoms with Crippen LogP contribution in [0, 0.1) is 17.0 Å². The van der Waals surface area contributed by atoms with Crippen LogP contribution in [0.3, 0.4) is 0 Å². The summed E-state index contributed by atoms with van der Waals surface area (Å²) in [5.74, 6) is 0.378. The first-order valence-corrected chi connectivity index (χ1v) is 10.7. The van der Waals surface area contributed by atoms with Crippen LogP contribution in [-0.4, -0.2) is 41.4 Å². The summed E-state index contributed by atoms with van der Waals surface area (Å²) in [7, 11) is -3.53. The minimum absolute atomic E-state index is 0.0300. The van der Waals surface area contributed by atoms with Crippen molar-refractivity contribution in [2.45, 2.75) is 38.0 Å². The van der Waals surface area contributed by atoms with Crippen molar-refractivity contribution < 1.29 is 13.3 Å². The lowest BCUT2D eigenvalue weighted by molar-refractivity contribution is -0.385. The van der Waals surface area contributed by atoms with Crippen molar-refractivity contribution in [2.24, 2.45) is 5.10 Å². The second kappa shape index (κ2) is 8.66. The topological polar surface area (TPSA) is 118 Å². The number of aromatic nitrogens is 1. The van der Waals surface area contributed by atoms with Gasteiger partial charge in [0, 0.05) is 36.5 Å². The summed E-state index contributed by atoms with van der Waals surface area (Å²) >= 11 is 0. The molecule has 0 radical (unpaired) electrons. The Hall–Kier alpha value is -2.85. The highest BCUT2D eigenvalue weighted by Crippen LogP contribution is 2.22. The standard InChI is InChI=1S/C19H23N5O4S/c1-14-6-7-16(12-18(14)24(25)26)15(2)21-22-19-9-8-17(13-20-19)29(27,28)23-10-4-3-5-11-23/h6-9,12-13H,3-5,10-11H2,1-2H3,(H,20,22). The van der Waals surface area contributed by atoms with Gasteiger partial charge in [0.05, 0.1) is 10.6 Å². The lowest BCUT2D eigenvalue weighted by atomic mass is 10.1. The van der Waals surface area contributed by atoms with Crippen LogP contribution in [0.5, 0.6) is 0 Å². The molecule has 0 unspecified atom stereocenters. The fourth-order valence-corrected chi connectivity index (χ4v) is 4.55. The third-order valence-corrected chi connectivity index (χ3v) is 6.73. The van der Waals surface area contributed by atoms with Crippen LogP contribution < -0.4 is 5.43 Å². The van der Waals surface area contributed by atoms with Gasteiger partial charge < -0.3 is 0 Å². The Balaban J connectivity index is 1.73. The van der Waals surface area contributed by atoms with Crippen molar-refractivity contribution in [3.8, 4) is 0 Å². The van der Waals surface area contributed by atoms with Gasteiger partial charge >= 0.3 is 0 Å². The zero-order chi connectivity index (χ0) is 21.0. The predicted octanol–water partition coefficient (Wildman–Crippen LogP) is 3.31. The number of benzene rings is 1. The van der Waals surface area contributed by atoms with E-state index in [2.05, 4.69) is 15.5 Å². The summed E-state index contributed by atoms with van der Waals surface area (Å²) in [4.78, 5) is 14.9. The largest absolute Gasteiger partial charge is 0.272 e. The normalized spacial score (nSPS) is 15.9. The number of nitro benzene ring substituents is 1. The molecule has 1 aromatic heterocycles. The smallest absolute Gasteiger partial charge is 0.261 e. The zero-order valence-corrected chi connectivity index (χ0v) is 17.1. The summed E-state index contributed by atoms with van der Waals surface area (Å²) in [5.41, 5.74) is 4.52. The number of pyridine rings is 1. The van der Waals surface area contributed by atoms with Crippen LogP contribution in [0.2, 0.25) is 0 Å². The minimum Gasteiger partial charge on any atom is -0.261 e. The molecule has 10 heteroatoms. The number of aryl methyl sites for hydroxylation is 1. The van der Waals surface area contributed by atoms with Gasteiger partial charge in [-0.3, -0.25) is 15.5 Å². The number of hydrogen-bond donors (Lipinski definition) is 1. The second-order valence-corrected chi connectivity index (χ2v) is 8.85. The predicted molar refractivity (Wildman–Crippen MR) is 111 cm³/mol. The summed E-state index contributed by atoms with van der Waals surface area (Å²) in [5, 5.41) is 15.3. The molecule has 3 rings (SSSR count). The van der Waals surface area contributed by atoms with Crippen molar-refractivity contribution in [3.05, 3.63) is 57.8 Å². The molecular weight excluding hydrogens is 394 g/mol. The fraction of sp³-hybridized carbons (Fsp3) is 0.368. The maximum Gasteiger partial charge on any atom is 0.272 e. The maximum absolute atomic E-state index is 12.6. The van der Waals surface area contributed by atoms with E-state index in [4.69, 9.17) is 0 Å². The Morgan fingerprint density at radius 1 is 1.21 bits per heavy atom. The van der Waals surface area contributed by atoms with Crippen LogP contribution in [0.4, 0.5) is 11.5 Å². The van der Waals surface area contributed by atoms with Crippen molar-refractivity contribution in [3.63, 3.8) is 0 Å². The molecule has 154 valence electrons. The van der Waals surface area contributed by atoms with E-state index in [0.29, 0.717) is 35.7 Å². The van der Waals surface area contributed by atoms with E-state index < -0.39 is 14.9 Å². The molecule has 1 fully saturated rings. The van der Waals surface area contributed by atoms with E-state index in [0.717, 1.165) is 19.3 Å². The molecule has 0 aliphatic carbocycles. The van der Waals surface area contributed by atoms with E-state index in [-0.39, 0.29) is 10.6 Å². The van der Waals surface area contributed by atoms with Gasteiger partial charge in [0.1, 0.15) is 10.7 Å². The molecule has 0 saturated carbocycles. The number of hydrazone groups is 1. The molecule has 29 heavy (non-hydrogen) atoms. The summed E-state index contributed by atoms with van der Waals surface area (Å²) < 4.78 is 26.8. The monoisotopic (exact) mass is 417 g/mol. The van der Waals surface area contributed by atoms with Gasteiger partial charge in [-0.25, -0.2) is 13.4 Å². The summed E-state index contributed by atoms with van der Waals surface area (Å²) in [6, 6.07) is 7.94. The number of nitrogens with zero attached hydrogens (tertiary/aromatic N) is 4. The Bertz CT molecular complexity index is 1030. The number of piperidine rings is 1. The van der Waals surface area contributed by atoms with Crippen molar-refractivity contribution >= 4 is 27.2 Å². The number of rotatable bonds is 6. The van der Waals surface area contributed by atoms with Crippen LogP contribution >= 0.6 is 0 Å². The molecule has 1 saturated heterocycles. The molecule has 0 spiro atoms. The van der Waals surface area contributed by atoms with E-state index in [1.165, 1.54) is 22.6 Å². The third-order valence-electron chi connectivity index (χ3n) is 4.85. The van der Waals surface area contributed by atoms with Crippen LogP contribution in [-0.2, 0) is 10.0 Å². The van der Waals surface area contributed by atoms with Crippen molar-refractivity contribution in [1.82, 2.24) is 9.29 Å². The molecule has 1 aliphatic heterocycles. The molecular formula is C19H23N5O4S. The zero-order valence-electron chi connectivity index (χ0n) is 16.3. The van der Waals surface area contributed by atoms with E-state index >= 15 is 0 Å². The Morgan fingerprint density at radius 2 is 1.93 bits per heavy atom. The highest BCUT2D eigenvalue weighted by molar-refractivity contribution is 7.89. The minimum atomic E-state index is -3.53. The highest BCUT2D eigenvalue weighted by Gasteiger charge is 2.26. The lowest BCUT2D eigenvalue weighted by Crippen LogP contribution is -2.35. The van der Waals surface area contributed by atoms with E-state index in [9.17, 15) is 18.5 Å². The van der Waals surface area contributed by atoms with E-state index in [1.807, 2.05) is 0 Å². The van der Waals surface area contributed by atoms with E-state index in [1.54, 1.807) is 32.0 Å². The number of hydrogen-bond acceptors (Lipinski definition) is 7. The van der Waals surface area contributed by atoms with Gasteiger partial charge in [-0.05, 0) is 38.8 Å². The summed E-state index contributed by atoms with van der Waals surface area (Å²) in [6.07, 6.45) is 4.11. The average molecular weight is 417 g/mol. The first kappa shape index (κ1) is 20.9. The molecule has 1 aromatic carbocycles. The number of anilines is 1. The van der Waals surface area contributed by atoms with Crippen LogP contribution in [0.1, 0.15) is 37.3 Å². The molecule has 2 heterocycles. The highest BCUT2D eigenvalue weighted by atomic mass is 32.2. The molecule has 1 N–H and O–H groups in total. The molecule has 0 bridgehead atoms. The average Bonchev–Trinajstić information content (AvgIpc) is 2.73. The maximum atomic E-state index is 12.6. The first-order chi connectivity index (χ1) is 13.8. The fourth-order valence-electron chi connectivity index (χ4n) is 3.09. The van der Waals surface area contributed by atoms with Gasteiger partial charge in [0.15, 0.2) is 0 Å². The van der Waals surface area contributed by atoms with Gasteiger partial charge in [0.25, 0.3) is 5.69 Å². The van der Waals surface area contributed by atoms with Crippen LogP contribution in [0.25, 0.3) is 0 Å². The Morgan fingerprint density at radius 3 is 2.55 bits per heavy atom. The lowest BCUT2D eigenvalue weighted by Gasteiger charge is -2.25. The number of nitrogens with one attached hydrogen (secondary N) is 1. The quantitative estimate of drug-likeness (QED) is 0.438. The molecule has 2 aromatic rings. The second-order valence-electron chi connectivity index (χ2n) is 6.91. The van der Waals surface area contributed by atoms with Crippen LogP contribution in [0.15, 0.2) is 46.5 Å². The third kappa shape index (κ3) is 4.77. The van der Waals surface area contributed by atoms with Crippen molar-refractivity contribution in [1.29, 1.82) is 0 Å². The Labute approximate surface area is 169 Å². The summed E-state index contributed by atoms with van der Waals surface area (Å²) in [6.45, 7) is 4.47.